The quantitative estimate of drug-likeness (QED) is 0.359. The molecule has 1 aromatic heterocycles. The molecule has 0 amide bonds. The van der Waals surface area contributed by atoms with E-state index in [1.54, 1.807) is 0 Å². The summed E-state index contributed by atoms with van der Waals surface area (Å²) in [6, 6.07) is 7.74. The minimum Gasteiger partial charge on any atom is -0.399 e. The first-order valence-corrected chi connectivity index (χ1v) is 12.7. The van der Waals surface area contributed by atoms with E-state index in [0.29, 0.717) is 17.6 Å². The van der Waals surface area contributed by atoms with Gasteiger partial charge in [0.15, 0.2) is 5.78 Å². The van der Waals surface area contributed by atoms with E-state index in [1.807, 2.05) is 24.3 Å². The molecule has 3 N–H and O–H groups in total. The number of carbonyl (C=O) groups excluding carboxylic acids is 1. The number of benzene rings is 1. The Balaban J connectivity index is 0.000000197. The van der Waals surface area contributed by atoms with Gasteiger partial charge in [-0.05, 0) is 65.9 Å². The van der Waals surface area contributed by atoms with Gasteiger partial charge in [-0.1, -0.05) is 66.0 Å². The van der Waals surface area contributed by atoms with Gasteiger partial charge in [0, 0.05) is 17.6 Å². The predicted octanol–water partition coefficient (Wildman–Crippen LogP) is 6.18. The highest BCUT2D eigenvalue weighted by Crippen LogP contribution is 2.65. The molecule has 2 saturated carbocycles. The Morgan fingerprint density at radius 3 is 2.38 bits per heavy atom. The molecular formula is C28H41N5O. The number of nitrogen functional groups attached to an aromatic ring is 1. The zero-order chi connectivity index (χ0) is 24.8. The Bertz CT molecular complexity index is 970. The summed E-state index contributed by atoms with van der Waals surface area (Å²) >= 11 is 0. The van der Waals surface area contributed by atoms with Gasteiger partial charge in [-0.3, -0.25) is 4.79 Å². The van der Waals surface area contributed by atoms with Crippen molar-refractivity contribution in [3.8, 4) is 0 Å². The summed E-state index contributed by atoms with van der Waals surface area (Å²) in [6.45, 7) is 12.0. The largest absolute Gasteiger partial charge is 0.399 e. The number of carbonyl (C=O) groups is 1. The molecule has 184 valence electrons. The maximum atomic E-state index is 12.7. The number of nitrogens with one attached hydrogen (secondary N) is 1. The van der Waals surface area contributed by atoms with Crippen LogP contribution in [0.2, 0.25) is 0 Å². The van der Waals surface area contributed by atoms with Crippen LogP contribution in [-0.4, -0.2) is 27.3 Å². The molecule has 0 saturated heterocycles. The van der Waals surface area contributed by atoms with E-state index >= 15 is 0 Å². The number of aromatic nitrogens is 3. The lowest BCUT2D eigenvalue weighted by Crippen LogP contribution is -2.32. The number of ketones is 1. The Hall–Kier alpha value is -2.76. The van der Waals surface area contributed by atoms with Crippen molar-refractivity contribution in [2.75, 3.05) is 17.6 Å². The van der Waals surface area contributed by atoms with Gasteiger partial charge in [0.1, 0.15) is 12.7 Å². The summed E-state index contributed by atoms with van der Waals surface area (Å²) in [5.41, 5.74) is 8.47. The van der Waals surface area contributed by atoms with Gasteiger partial charge in [-0.2, -0.15) is 0 Å². The first-order valence-electron chi connectivity index (χ1n) is 12.7. The van der Waals surface area contributed by atoms with Crippen LogP contribution in [0.5, 0.6) is 0 Å². The summed E-state index contributed by atoms with van der Waals surface area (Å²) < 4.78 is 0. The fourth-order valence-corrected chi connectivity index (χ4v) is 5.38. The number of Topliss-reactive ketones (excluding diaryl/α,β-unsaturated/α-hetero) is 1. The van der Waals surface area contributed by atoms with Gasteiger partial charge in [0.05, 0.1) is 0 Å². The standard InChI is InChI=1S/C17H21NO.C11H20N4/c1-16(2)14-8-9-17(16,3)15(19)13(14)10-11-4-6-12(18)7-5-11;1-3-5-6-10(4-2)7-13-11-14-8-12-9-15-11/h4-7,10,14H,8-9,18H2,1-3H3;8-10H,3-7H2,1-2H3,(H,12,13,14,15). The van der Waals surface area contributed by atoms with Gasteiger partial charge < -0.3 is 11.1 Å². The molecule has 1 heterocycles. The van der Waals surface area contributed by atoms with Gasteiger partial charge in [0.25, 0.3) is 0 Å². The number of hydrogen-bond acceptors (Lipinski definition) is 6. The van der Waals surface area contributed by atoms with Crippen LogP contribution in [0.4, 0.5) is 11.6 Å². The normalized spacial score (nSPS) is 24.6. The van der Waals surface area contributed by atoms with Crippen molar-refractivity contribution in [3.05, 3.63) is 48.1 Å². The van der Waals surface area contributed by atoms with Crippen molar-refractivity contribution in [2.24, 2.45) is 22.7 Å². The highest BCUT2D eigenvalue weighted by atomic mass is 16.1. The lowest BCUT2D eigenvalue weighted by Gasteiger charge is -2.31. The van der Waals surface area contributed by atoms with Crippen LogP contribution in [0.25, 0.3) is 6.08 Å². The minimum atomic E-state index is -0.169. The smallest absolute Gasteiger partial charge is 0.225 e. The Kier molecular flexibility index (Phi) is 8.45. The molecule has 2 aliphatic rings. The topological polar surface area (TPSA) is 93.8 Å². The van der Waals surface area contributed by atoms with E-state index in [0.717, 1.165) is 42.1 Å². The second kappa shape index (κ2) is 11.1. The van der Waals surface area contributed by atoms with Crippen molar-refractivity contribution >= 4 is 23.5 Å². The molecule has 4 rings (SSSR count). The third kappa shape index (κ3) is 5.48. The van der Waals surface area contributed by atoms with Gasteiger partial charge >= 0.3 is 0 Å². The number of anilines is 2. The zero-order valence-electron chi connectivity index (χ0n) is 21.5. The van der Waals surface area contributed by atoms with Gasteiger partial charge in [-0.15, -0.1) is 0 Å². The second-order valence-corrected chi connectivity index (χ2v) is 10.5. The van der Waals surface area contributed by atoms with E-state index in [1.165, 1.54) is 38.3 Å². The van der Waals surface area contributed by atoms with Crippen molar-refractivity contribution in [3.63, 3.8) is 0 Å². The molecule has 2 aromatic rings. The van der Waals surface area contributed by atoms with Crippen molar-refractivity contribution < 1.29 is 4.79 Å². The fourth-order valence-electron chi connectivity index (χ4n) is 5.38. The van der Waals surface area contributed by atoms with E-state index in [-0.39, 0.29) is 10.8 Å². The molecule has 0 aliphatic heterocycles. The Labute approximate surface area is 204 Å². The molecule has 3 unspecified atom stereocenters. The number of nitrogens with two attached hydrogens (primary N) is 1. The third-order valence-corrected chi connectivity index (χ3v) is 8.21. The van der Waals surface area contributed by atoms with Crippen LogP contribution >= 0.6 is 0 Å². The molecule has 6 nitrogen and oxygen atoms in total. The lowest BCUT2D eigenvalue weighted by atomic mass is 9.70. The van der Waals surface area contributed by atoms with E-state index in [2.05, 4.69) is 61.0 Å². The average Bonchev–Trinajstić information content (AvgIpc) is 3.15. The van der Waals surface area contributed by atoms with Gasteiger partial charge in [-0.25, -0.2) is 15.0 Å². The number of unbranched alkanes of at least 4 members (excludes halogenated alkanes) is 1. The van der Waals surface area contributed by atoms with Crippen LogP contribution in [0.15, 0.2) is 42.5 Å². The highest BCUT2D eigenvalue weighted by Gasteiger charge is 2.63. The van der Waals surface area contributed by atoms with E-state index < -0.39 is 0 Å². The molecule has 3 atom stereocenters. The third-order valence-electron chi connectivity index (χ3n) is 8.21. The number of allylic oxidation sites excluding steroid dienone is 1. The number of hydrogen-bond donors (Lipinski definition) is 2. The van der Waals surface area contributed by atoms with Crippen LogP contribution in [0.3, 0.4) is 0 Å². The number of rotatable bonds is 8. The summed E-state index contributed by atoms with van der Waals surface area (Å²) in [4.78, 5) is 24.5. The average molecular weight is 464 g/mol. The van der Waals surface area contributed by atoms with Crippen LogP contribution < -0.4 is 11.1 Å². The van der Waals surface area contributed by atoms with Crippen molar-refractivity contribution in [2.45, 2.75) is 73.1 Å². The first-order chi connectivity index (χ1) is 16.2. The predicted molar refractivity (Wildman–Crippen MR) is 140 cm³/mol. The monoisotopic (exact) mass is 463 g/mol. The van der Waals surface area contributed by atoms with Crippen molar-refractivity contribution in [1.29, 1.82) is 0 Å². The molecule has 2 aliphatic carbocycles. The van der Waals surface area contributed by atoms with E-state index in [4.69, 9.17) is 5.73 Å². The zero-order valence-corrected chi connectivity index (χ0v) is 21.5. The van der Waals surface area contributed by atoms with Crippen LogP contribution in [-0.2, 0) is 4.79 Å². The Morgan fingerprint density at radius 2 is 1.82 bits per heavy atom. The second-order valence-electron chi connectivity index (χ2n) is 10.5. The molecule has 2 bridgehead atoms. The summed E-state index contributed by atoms with van der Waals surface area (Å²) in [7, 11) is 0. The summed E-state index contributed by atoms with van der Waals surface area (Å²) in [5.74, 6) is 2.16. The van der Waals surface area contributed by atoms with E-state index in [9.17, 15) is 4.79 Å². The molecule has 34 heavy (non-hydrogen) atoms. The summed E-state index contributed by atoms with van der Waals surface area (Å²) in [6.07, 6.45) is 12.3. The van der Waals surface area contributed by atoms with Crippen LogP contribution in [0.1, 0.15) is 78.7 Å². The molecule has 2 fully saturated rings. The molecule has 6 heteroatoms. The van der Waals surface area contributed by atoms with Gasteiger partial charge in [0.2, 0.25) is 5.95 Å². The highest BCUT2D eigenvalue weighted by molar-refractivity contribution is 6.07. The first kappa shape index (κ1) is 25.9. The number of nitrogens with zero attached hydrogens (tertiary/aromatic N) is 3. The molecular weight excluding hydrogens is 422 g/mol. The molecule has 0 spiro atoms. The Morgan fingerprint density at radius 1 is 1.15 bits per heavy atom. The maximum Gasteiger partial charge on any atom is 0.225 e. The minimum absolute atomic E-state index is 0.0870. The SMILES string of the molecule is CC12CCC(C(=Cc3ccc(N)cc3)C1=O)C2(C)C.CCCCC(CC)CNc1ncncn1. The fraction of sp³-hybridized carbons (Fsp3) is 0.571. The lowest BCUT2D eigenvalue weighted by molar-refractivity contribution is -0.125. The molecule has 0 radical (unpaired) electrons. The molecule has 1 aromatic carbocycles. The maximum absolute atomic E-state index is 12.7. The van der Waals surface area contributed by atoms with Crippen LogP contribution in [0, 0.1) is 22.7 Å². The summed E-state index contributed by atoms with van der Waals surface area (Å²) in [5, 5.41) is 3.24. The van der Waals surface area contributed by atoms with Crippen molar-refractivity contribution in [1.82, 2.24) is 15.0 Å². The number of fused-ring (bicyclic) bond motifs is 2.